The van der Waals surface area contributed by atoms with Crippen LogP contribution in [0.25, 0.3) is 0 Å². The zero-order valence-electron chi connectivity index (χ0n) is 6.97. The highest BCUT2D eigenvalue weighted by Crippen LogP contribution is 2.12. The number of hydrogen-bond acceptors (Lipinski definition) is 5. The zero-order chi connectivity index (χ0) is 10.7. The van der Waals surface area contributed by atoms with E-state index in [1.54, 1.807) is 0 Å². The number of aromatic nitrogens is 2. The highest BCUT2D eigenvalue weighted by Gasteiger charge is 2.17. The smallest absolute Gasteiger partial charge is 0.341 e. The molecule has 0 atom stereocenters. The summed E-state index contributed by atoms with van der Waals surface area (Å²) >= 11 is 0. The molecule has 0 aliphatic heterocycles. The molecule has 0 saturated carbocycles. The van der Waals surface area contributed by atoms with E-state index in [0.717, 1.165) is 6.33 Å². The van der Waals surface area contributed by atoms with Crippen LogP contribution in [0.3, 0.4) is 0 Å². The molecule has 4 N–H and O–H groups in total. The molecule has 0 bridgehead atoms. The van der Waals surface area contributed by atoms with Crippen LogP contribution in [0.15, 0.2) is 6.33 Å². The van der Waals surface area contributed by atoms with E-state index in [-0.39, 0.29) is 17.1 Å². The van der Waals surface area contributed by atoms with Crippen LogP contribution < -0.4 is 5.73 Å². The molecule has 1 aromatic rings. The summed E-state index contributed by atoms with van der Waals surface area (Å²) in [6.45, 7) is 0. The third kappa shape index (κ3) is 1.94. The number of nitrogens with two attached hydrogens (primary N) is 1. The third-order valence-corrected chi connectivity index (χ3v) is 1.49. The molecule has 0 saturated heterocycles. The Morgan fingerprint density at radius 2 is 2.00 bits per heavy atom. The van der Waals surface area contributed by atoms with Gasteiger partial charge in [-0.25, -0.2) is 14.8 Å². The van der Waals surface area contributed by atoms with Gasteiger partial charge in [-0.05, 0) is 0 Å². The first-order valence-corrected chi connectivity index (χ1v) is 3.56. The second-order valence-corrected chi connectivity index (χ2v) is 2.46. The minimum Gasteiger partial charge on any atom is -0.481 e. The van der Waals surface area contributed by atoms with Crippen molar-refractivity contribution >= 4 is 17.8 Å². The highest BCUT2D eigenvalue weighted by molar-refractivity contribution is 5.94. The van der Waals surface area contributed by atoms with Crippen LogP contribution in [-0.4, -0.2) is 32.1 Å². The van der Waals surface area contributed by atoms with Crippen LogP contribution in [-0.2, 0) is 11.2 Å². The first kappa shape index (κ1) is 9.90. The first-order chi connectivity index (χ1) is 6.52. The average molecular weight is 197 g/mol. The Bertz CT molecular complexity index is 391. The van der Waals surface area contributed by atoms with Gasteiger partial charge in [0.1, 0.15) is 17.7 Å². The van der Waals surface area contributed by atoms with E-state index < -0.39 is 18.4 Å². The minimum atomic E-state index is -1.33. The van der Waals surface area contributed by atoms with Crippen molar-refractivity contribution in [3.63, 3.8) is 0 Å². The molecule has 0 aliphatic carbocycles. The van der Waals surface area contributed by atoms with Crippen LogP contribution in [0, 0.1) is 0 Å². The zero-order valence-corrected chi connectivity index (χ0v) is 6.97. The summed E-state index contributed by atoms with van der Waals surface area (Å²) < 4.78 is 0. The number of anilines is 1. The molecule has 7 nitrogen and oxygen atoms in total. The van der Waals surface area contributed by atoms with E-state index >= 15 is 0 Å². The molecule has 0 spiro atoms. The maximum Gasteiger partial charge on any atom is 0.341 e. The topological polar surface area (TPSA) is 126 Å². The van der Waals surface area contributed by atoms with E-state index in [0.29, 0.717) is 0 Å². The maximum atomic E-state index is 10.7. The van der Waals surface area contributed by atoms with E-state index in [1.807, 2.05) is 0 Å². The fourth-order valence-electron chi connectivity index (χ4n) is 0.948. The van der Waals surface area contributed by atoms with Crippen molar-refractivity contribution in [3.05, 3.63) is 17.6 Å². The van der Waals surface area contributed by atoms with Crippen LogP contribution in [0.1, 0.15) is 16.1 Å². The average Bonchev–Trinajstić information content (AvgIpc) is 2.01. The van der Waals surface area contributed by atoms with Crippen molar-refractivity contribution in [3.8, 4) is 0 Å². The van der Waals surface area contributed by atoms with Gasteiger partial charge in [0.15, 0.2) is 0 Å². The number of aromatic carboxylic acids is 1. The van der Waals surface area contributed by atoms with Gasteiger partial charge in [-0.2, -0.15) is 0 Å². The SMILES string of the molecule is Nc1ncnc(CC(=O)O)c1C(=O)O. The fraction of sp³-hybridized carbons (Fsp3) is 0.143. The Hall–Kier alpha value is -2.18. The number of aliphatic carboxylic acids is 1. The molecular weight excluding hydrogens is 190 g/mol. The minimum absolute atomic E-state index is 0.0995. The monoisotopic (exact) mass is 197 g/mol. The molecule has 74 valence electrons. The van der Waals surface area contributed by atoms with E-state index in [1.165, 1.54) is 0 Å². The van der Waals surface area contributed by atoms with Crippen LogP contribution in [0.4, 0.5) is 5.82 Å². The van der Waals surface area contributed by atoms with Gasteiger partial charge in [-0.15, -0.1) is 0 Å². The summed E-state index contributed by atoms with van der Waals surface area (Å²) in [5, 5.41) is 17.2. The van der Waals surface area contributed by atoms with Crippen LogP contribution in [0.2, 0.25) is 0 Å². The molecule has 14 heavy (non-hydrogen) atoms. The number of nitrogen functional groups attached to an aromatic ring is 1. The molecule has 1 aromatic heterocycles. The highest BCUT2D eigenvalue weighted by atomic mass is 16.4. The largest absolute Gasteiger partial charge is 0.481 e. The predicted molar refractivity (Wildman–Crippen MR) is 44.7 cm³/mol. The first-order valence-electron chi connectivity index (χ1n) is 3.56. The van der Waals surface area contributed by atoms with Gasteiger partial charge in [-0.3, -0.25) is 4.79 Å². The lowest BCUT2D eigenvalue weighted by molar-refractivity contribution is -0.136. The van der Waals surface area contributed by atoms with Gasteiger partial charge in [-0.1, -0.05) is 0 Å². The van der Waals surface area contributed by atoms with E-state index in [9.17, 15) is 9.59 Å². The number of nitrogens with zero attached hydrogens (tertiary/aromatic N) is 2. The molecule has 1 heterocycles. The summed E-state index contributed by atoms with van der Waals surface area (Å²) in [6.07, 6.45) is 0.536. The van der Waals surface area contributed by atoms with Crippen molar-refractivity contribution in [2.75, 3.05) is 5.73 Å². The van der Waals surface area contributed by atoms with Crippen LogP contribution in [0.5, 0.6) is 0 Å². The summed E-state index contributed by atoms with van der Waals surface area (Å²) in [7, 11) is 0. The summed E-state index contributed by atoms with van der Waals surface area (Å²) in [5.41, 5.74) is 4.82. The summed E-state index contributed by atoms with van der Waals surface area (Å²) in [5.74, 6) is -2.74. The van der Waals surface area contributed by atoms with Crippen molar-refractivity contribution < 1.29 is 19.8 Å². The second-order valence-electron chi connectivity index (χ2n) is 2.46. The van der Waals surface area contributed by atoms with E-state index in [2.05, 4.69) is 9.97 Å². The van der Waals surface area contributed by atoms with Gasteiger partial charge in [0.2, 0.25) is 0 Å². The number of carboxylic acids is 2. The van der Waals surface area contributed by atoms with Gasteiger partial charge in [0.05, 0.1) is 12.1 Å². The van der Waals surface area contributed by atoms with Crippen molar-refractivity contribution in [1.82, 2.24) is 9.97 Å². The number of carbonyl (C=O) groups is 2. The summed E-state index contributed by atoms with van der Waals surface area (Å²) in [4.78, 5) is 28.0. The van der Waals surface area contributed by atoms with Crippen LogP contribution >= 0.6 is 0 Å². The van der Waals surface area contributed by atoms with Crippen molar-refractivity contribution in [1.29, 1.82) is 0 Å². The standard InChI is InChI=1S/C7H7N3O4/c8-6-5(7(13)14)3(1-4(11)12)9-2-10-6/h2H,1H2,(H,11,12)(H,13,14)(H2,8,9,10). The Morgan fingerprint density at radius 1 is 1.36 bits per heavy atom. The van der Waals surface area contributed by atoms with Gasteiger partial charge >= 0.3 is 11.9 Å². The molecule has 0 fully saturated rings. The Labute approximate surface area is 78.2 Å². The van der Waals surface area contributed by atoms with Gasteiger partial charge in [0, 0.05) is 0 Å². The maximum absolute atomic E-state index is 10.7. The lowest BCUT2D eigenvalue weighted by atomic mass is 10.1. The molecule has 1 rings (SSSR count). The lowest BCUT2D eigenvalue weighted by Gasteiger charge is -2.03. The van der Waals surface area contributed by atoms with Gasteiger partial charge < -0.3 is 15.9 Å². The molecule has 0 aromatic carbocycles. The lowest BCUT2D eigenvalue weighted by Crippen LogP contribution is -2.13. The Balaban J connectivity index is 3.21. The molecule has 0 aliphatic rings. The predicted octanol–water partition coefficient (Wildman–Crippen LogP) is -0.616. The molecule has 0 radical (unpaired) electrons. The molecular formula is C7H7N3O4. The Kier molecular flexibility index (Phi) is 2.61. The van der Waals surface area contributed by atoms with Crippen molar-refractivity contribution in [2.24, 2.45) is 0 Å². The molecule has 0 unspecified atom stereocenters. The summed E-state index contributed by atoms with van der Waals surface area (Å²) in [6, 6.07) is 0. The third-order valence-electron chi connectivity index (χ3n) is 1.49. The normalized spacial score (nSPS) is 9.71. The van der Waals surface area contributed by atoms with Gasteiger partial charge in [0.25, 0.3) is 0 Å². The van der Waals surface area contributed by atoms with E-state index in [4.69, 9.17) is 15.9 Å². The quantitative estimate of drug-likeness (QED) is 0.589. The fourth-order valence-corrected chi connectivity index (χ4v) is 0.948. The second kappa shape index (κ2) is 3.69. The van der Waals surface area contributed by atoms with Crippen molar-refractivity contribution in [2.45, 2.75) is 6.42 Å². The number of rotatable bonds is 3. The number of hydrogen-bond donors (Lipinski definition) is 3. The Morgan fingerprint density at radius 3 is 2.50 bits per heavy atom. The number of carboxylic acid groups (broad SMARTS) is 2. The molecule has 7 heteroatoms. The molecule has 0 amide bonds.